The highest BCUT2D eigenvalue weighted by Crippen LogP contribution is 2.19. The Morgan fingerprint density at radius 2 is 1.81 bits per heavy atom. The molecule has 0 aliphatic carbocycles. The van der Waals surface area contributed by atoms with E-state index in [-0.39, 0.29) is 0 Å². The van der Waals surface area contributed by atoms with Crippen LogP contribution < -0.4 is 4.74 Å². The van der Waals surface area contributed by atoms with Gasteiger partial charge in [-0.25, -0.2) is 4.79 Å². The number of rotatable bonds is 9. The lowest BCUT2D eigenvalue weighted by Crippen LogP contribution is -2.20. The van der Waals surface area contributed by atoms with Crippen molar-refractivity contribution in [3.8, 4) is 5.75 Å². The lowest BCUT2D eigenvalue weighted by molar-refractivity contribution is -0.140. The first-order chi connectivity index (χ1) is 13.2. The SMILES string of the molecule is CCc1ccc(CCOc2ccc(CC(C(=O)O)n3cccc3)cc2)nc1. The predicted octanol–water partition coefficient (Wildman–Crippen LogP) is 3.94. The summed E-state index contributed by atoms with van der Waals surface area (Å²) in [5.74, 6) is -0.0649. The predicted molar refractivity (Wildman–Crippen MR) is 104 cm³/mol. The van der Waals surface area contributed by atoms with Gasteiger partial charge in [0.25, 0.3) is 0 Å². The summed E-state index contributed by atoms with van der Waals surface area (Å²) in [5, 5.41) is 9.47. The van der Waals surface area contributed by atoms with Crippen LogP contribution in [0, 0.1) is 0 Å². The highest BCUT2D eigenvalue weighted by atomic mass is 16.5. The molecule has 0 saturated heterocycles. The van der Waals surface area contributed by atoms with E-state index < -0.39 is 12.0 Å². The van der Waals surface area contributed by atoms with Crippen molar-refractivity contribution in [2.24, 2.45) is 0 Å². The van der Waals surface area contributed by atoms with E-state index in [9.17, 15) is 9.90 Å². The monoisotopic (exact) mass is 364 g/mol. The molecule has 27 heavy (non-hydrogen) atoms. The third-order valence-corrected chi connectivity index (χ3v) is 4.55. The summed E-state index contributed by atoms with van der Waals surface area (Å²) < 4.78 is 7.50. The number of aromatic nitrogens is 2. The molecule has 2 aromatic heterocycles. The Morgan fingerprint density at radius 3 is 2.41 bits per heavy atom. The largest absolute Gasteiger partial charge is 0.493 e. The van der Waals surface area contributed by atoms with E-state index in [0.717, 1.165) is 29.8 Å². The molecule has 0 aliphatic rings. The van der Waals surface area contributed by atoms with Crippen LogP contribution in [-0.4, -0.2) is 27.2 Å². The smallest absolute Gasteiger partial charge is 0.327 e. The van der Waals surface area contributed by atoms with Crippen molar-refractivity contribution in [1.82, 2.24) is 9.55 Å². The molecule has 5 nitrogen and oxygen atoms in total. The van der Waals surface area contributed by atoms with Crippen LogP contribution in [0.3, 0.4) is 0 Å². The van der Waals surface area contributed by atoms with Crippen molar-refractivity contribution < 1.29 is 14.6 Å². The molecule has 0 amide bonds. The molecule has 0 aliphatic heterocycles. The maximum Gasteiger partial charge on any atom is 0.327 e. The second-order valence-electron chi connectivity index (χ2n) is 6.44. The average Bonchev–Trinajstić information content (AvgIpc) is 3.22. The van der Waals surface area contributed by atoms with Gasteiger partial charge in [0.15, 0.2) is 0 Å². The molecular formula is C22H24N2O3. The molecule has 2 heterocycles. The van der Waals surface area contributed by atoms with Gasteiger partial charge >= 0.3 is 5.97 Å². The van der Waals surface area contributed by atoms with Crippen LogP contribution >= 0.6 is 0 Å². The maximum absolute atomic E-state index is 11.5. The lowest BCUT2D eigenvalue weighted by Gasteiger charge is -2.15. The fourth-order valence-electron chi connectivity index (χ4n) is 2.91. The zero-order chi connectivity index (χ0) is 19.1. The Hall–Kier alpha value is -3.08. The lowest BCUT2D eigenvalue weighted by atomic mass is 10.1. The van der Waals surface area contributed by atoms with Gasteiger partial charge in [0.05, 0.1) is 6.61 Å². The number of ether oxygens (including phenoxy) is 1. The molecule has 1 atom stereocenters. The zero-order valence-electron chi connectivity index (χ0n) is 15.4. The van der Waals surface area contributed by atoms with Gasteiger partial charge in [-0.2, -0.15) is 0 Å². The van der Waals surface area contributed by atoms with Gasteiger partial charge < -0.3 is 14.4 Å². The number of hydrogen-bond donors (Lipinski definition) is 1. The van der Waals surface area contributed by atoms with Crippen LogP contribution in [-0.2, 0) is 24.1 Å². The molecule has 0 bridgehead atoms. The minimum absolute atomic E-state index is 0.429. The third-order valence-electron chi connectivity index (χ3n) is 4.55. The standard InChI is InChI=1S/C22H24N2O3/c1-2-17-5-8-19(23-16-17)11-14-27-20-9-6-18(7-10-20)15-21(22(25)26)24-12-3-4-13-24/h3-10,12-13,16,21H,2,11,14-15H2,1H3,(H,25,26). The molecule has 1 N–H and O–H groups in total. The van der Waals surface area contributed by atoms with E-state index in [4.69, 9.17) is 4.74 Å². The Labute approximate surface area is 159 Å². The summed E-state index contributed by atoms with van der Waals surface area (Å²) in [4.78, 5) is 16.0. The van der Waals surface area contributed by atoms with Gasteiger partial charge in [-0.15, -0.1) is 0 Å². The molecule has 5 heteroatoms. The highest BCUT2D eigenvalue weighted by molar-refractivity contribution is 5.72. The second kappa shape index (κ2) is 9.03. The summed E-state index contributed by atoms with van der Waals surface area (Å²) >= 11 is 0. The first kappa shape index (κ1) is 18.7. The van der Waals surface area contributed by atoms with Crippen molar-refractivity contribution in [3.63, 3.8) is 0 Å². The van der Waals surface area contributed by atoms with E-state index in [2.05, 4.69) is 18.0 Å². The fraction of sp³-hybridized carbons (Fsp3) is 0.273. The molecule has 1 unspecified atom stereocenters. The number of carboxylic acids is 1. The fourth-order valence-corrected chi connectivity index (χ4v) is 2.91. The molecular weight excluding hydrogens is 340 g/mol. The van der Waals surface area contributed by atoms with Crippen molar-refractivity contribution in [1.29, 1.82) is 0 Å². The Bertz CT molecular complexity index is 840. The van der Waals surface area contributed by atoms with Crippen molar-refractivity contribution in [2.45, 2.75) is 32.2 Å². The number of aryl methyl sites for hydroxylation is 1. The summed E-state index contributed by atoms with van der Waals surface area (Å²) in [6, 6.07) is 14.8. The Balaban J connectivity index is 1.52. The van der Waals surface area contributed by atoms with Gasteiger partial charge in [0, 0.05) is 37.1 Å². The van der Waals surface area contributed by atoms with Crippen LogP contribution in [0.15, 0.2) is 67.1 Å². The first-order valence-electron chi connectivity index (χ1n) is 9.16. The Morgan fingerprint density at radius 1 is 1.11 bits per heavy atom. The van der Waals surface area contributed by atoms with E-state index in [0.29, 0.717) is 13.0 Å². The van der Waals surface area contributed by atoms with Crippen LogP contribution in [0.25, 0.3) is 0 Å². The van der Waals surface area contributed by atoms with Gasteiger partial charge in [0.2, 0.25) is 0 Å². The molecule has 3 aromatic rings. The summed E-state index contributed by atoms with van der Waals surface area (Å²) in [7, 11) is 0. The molecule has 1 aromatic carbocycles. The molecule has 0 saturated carbocycles. The minimum atomic E-state index is -0.840. The molecule has 0 spiro atoms. The molecule has 0 fully saturated rings. The number of benzene rings is 1. The number of aliphatic carboxylic acids is 1. The van der Waals surface area contributed by atoms with E-state index >= 15 is 0 Å². The quantitative estimate of drug-likeness (QED) is 0.625. The topological polar surface area (TPSA) is 64.3 Å². The number of carbonyl (C=O) groups is 1. The second-order valence-corrected chi connectivity index (χ2v) is 6.44. The van der Waals surface area contributed by atoms with E-state index in [1.807, 2.05) is 48.7 Å². The van der Waals surface area contributed by atoms with Crippen molar-refractivity contribution in [2.75, 3.05) is 6.61 Å². The van der Waals surface area contributed by atoms with Gasteiger partial charge in [0.1, 0.15) is 11.8 Å². The zero-order valence-corrected chi connectivity index (χ0v) is 15.4. The molecule has 140 valence electrons. The number of pyridine rings is 1. The summed E-state index contributed by atoms with van der Waals surface area (Å²) in [6.45, 7) is 2.67. The van der Waals surface area contributed by atoms with Crippen molar-refractivity contribution >= 4 is 5.97 Å². The number of carboxylic acid groups (broad SMARTS) is 1. The van der Waals surface area contributed by atoms with E-state index in [1.165, 1.54) is 5.56 Å². The summed E-state index contributed by atoms with van der Waals surface area (Å²) in [6.07, 6.45) is 7.63. The minimum Gasteiger partial charge on any atom is -0.493 e. The van der Waals surface area contributed by atoms with Gasteiger partial charge in [-0.05, 0) is 47.9 Å². The average molecular weight is 364 g/mol. The van der Waals surface area contributed by atoms with Crippen LogP contribution in [0.4, 0.5) is 0 Å². The third kappa shape index (κ3) is 5.20. The maximum atomic E-state index is 11.5. The highest BCUT2D eigenvalue weighted by Gasteiger charge is 2.18. The number of nitrogens with zero attached hydrogens (tertiary/aromatic N) is 2. The summed E-state index contributed by atoms with van der Waals surface area (Å²) in [5.41, 5.74) is 3.20. The van der Waals surface area contributed by atoms with Gasteiger partial charge in [-0.1, -0.05) is 25.1 Å². The molecule has 0 radical (unpaired) electrons. The first-order valence-corrected chi connectivity index (χ1v) is 9.16. The van der Waals surface area contributed by atoms with Crippen LogP contribution in [0.1, 0.15) is 29.8 Å². The van der Waals surface area contributed by atoms with Crippen molar-refractivity contribution in [3.05, 3.63) is 83.9 Å². The Kier molecular flexibility index (Phi) is 6.26. The molecule has 3 rings (SSSR count). The van der Waals surface area contributed by atoms with Gasteiger partial charge in [-0.3, -0.25) is 4.98 Å². The van der Waals surface area contributed by atoms with E-state index in [1.54, 1.807) is 17.0 Å². The normalized spacial score (nSPS) is 11.9. The number of hydrogen-bond acceptors (Lipinski definition) is 3. The van der Waals surface area contributed by atoms with Crippen LogP contribution in [0.2, 0.25) is 0 Å². The van der Waals surface area contributed by atoms with Crippen LogP contribution in [0.5, 0.6) is 5.75 Å².